The lowest BCUT2D eigenvalue weighted by Gasteiger charge is -2.19. The Morgan fingerprint density at radius 3 is 2.36 bits per heavy atom. The number of aliphatic hydroxyl groups is 1. The van der Waals surface area contributed by atoms with Crippen molar-refractivity contribution in [3.05, 3.63) is 58.9 Å². The highest BCUT2D eigenvalue weighted by atomic mass is 35.5. The van der Waals surface area contributed by atoms with Crippen molar-refractivity contribution < 1.29 is 5.11 Å². The largest absolute Gasteiger partial charge is 0.390 e. The van der Waals surface area contributed by atoms with Crippen LogP contribution < -0.4 is 0 Å². The number of nitrogens with zero attached hydrogens (tertiary/aromatic N) is 2. The van der Waals surface area contributed by atoms with Crippen LogP contribution in [-0.4, -0.2) is 14.5 Å². The van der Waals surface area contributed by atoms with Crippen molar-refractivity contribution in [2.75, 3.05) is 0 Å². The Morgan fingerprint density at radius 2 is 1.77 bits per heavy atom. The van der Waals surface area contributed by atoms with E-state index in [1.54, 1.807) is 12.3 Å². The third-order valence-corrected chi connectivity index (χ3v) is 4.08. The van der Waals surface area contributed by atoms with Gasteiger partial charge in [0.05, 0.1) is 23.0 Å². The minimum atomic E-state index is -0.0855. The Kier molecular flexibility index (Phi) is 3.71. The van der Waals surface area contributed by atoms with E-state index in [4.69, 9.17) is 11.6 Å². The highest BCUT2D eigenvalue weighted by Crippen LogP contribution is 2.29. The molecule has 0 aliphatic heterocycles. The monoisotopic (exact) mass is 314 g/mol. The first-order chi connectivity index (χ1) is 10.4. The summed E-state index contributed by atoms with van der Waals surface area (Å²) in [6, 6.07) is 12.0. The second-order valence-corrected chi connectivity index (χ2v) is 6.90. The Bertz CT molecular complexity index is 813. The number of hydrogen-bond donors (Lipinski definition) is 1. The third-order valence-electron chi connectivity index (χ3n) is 3.86. The maximum atomic E-state index is 9.74. The fourth-order valence-corrected chi connectivity index (χ4v) is 2.74. The molecule has 3 aromatic rings. The van der Waals surface area contributed by atoms with Crippen molar-refractivity contribution in [1.82, 2.24) is 9.38 Å². The second-order valence-electron chi connectivity index (χ2n) is 6.47. The van der Waals surface area contributed by atoms with E-state index in [9.17, 15) is 5.11 Å². The van der Waals surface area contributed by atoms with Gasteiger partial charge in [0.15, 0.2) is 0 Å². The Balaban J connectivity index is 2.13. The number of benzene rings is 1. The van der Waals surface area contributed by atoms with Gasteiger partial charge in [-0.3, -0.25) is 4.40 Å². The van der Waals surface area contributed by atoms with Gasteiger partial charge in [0.25, 0.3) is 0 Å². The van der Waals surface area contributed by atoms with Gasteiger partial charge >= 0.3 is 0 Å². The Labute approximate surface area is 135 Å². The first-order valence-electron chi connectivity index (χ1n) is 7.28. The first-order valence-corrected chi connectivity index (χ1v) is 7.66. The average Bonchev–Trinajstić information content (AvgIpc) is 2.84. The normalized spacial score (nSPS) is 12.0. The van der Waals surface area contributed by atoms with Crippen molar-refractivity contribution in [2.24, 2.45) is 0 Å². The van der Waals surface area contributed by atoms with Crippen LogP contribution in [0.1, 0.15) is 32.0 Å². The van der Waals surface area contributed by atoms with Gasteiger partial charge in [-0.2, -0.15) is 0 Å². The van der Waals surface area contributed by atoms with Crippen molar-refractivity contribution in [2.45, 2.75) is 32.8 Å². The highest BCUT2D eigenvalue weighted by molar-refractivity contribution is 6.30. The minimum Gasteiger partial charge on any atom is -0.390 e. The molecule has 1 aromatic carbocycles. The van der Waals surface area contributed by atoms with Crippen molar-refractivity contribution in [3.8, 4) is 11.3 Å². The van der Waals surface area contributed by atoms with E-state index in [0.29, 0.717) is 5.02 Å². The molecular formula is C18H19ClN2O. The lowest BCUT2D eigenvalue weighted by atomic mass is 9.86. The van der Waals surface area contributed by atoms with E-state index in [2.05, 4.69) is 50.0 Å². The van der Waals surface area contributed by atoms with E-state index in [0.717, 1.165) is 22.6 Å². The highest BCUT2D eigenvalue weighted by Gasteiger charge is 2.16. The van der Waals surface area contributed by atoms with Crippen LogP contribution in [0.4, 0.5) is 0 Å². The van der Waals surface area contributed by atoms with Gasteiger partial charge in [-0.25, -0.2) is 4.98 Å². The number of hydrogen-bond acceptors (Lipinski definition) is 2. The summed E-state index contributed by atoms with van der Waals surface area (Å²) in [7, 11) is 0. The third kappa shape index (κ3) is 2.62. The van der Waals surface area contributed by atoms with Gasteiger partial charge in [0.2, 0.25) is 0 Å². The molecule has 3 rings (SSSR count). The van der Waals surface area contributed by atoms with Crippen LogP contribution in [-0.2, 0) is 12.0 Å². The van der Waals surface area contributed by atoms with Crippen molar-refractivity contribution in [3.63, 3.8) is 0 Å². The number of imidazole rings is 1. The number of aromatic nitrogens is 2. The van der Waals surface area contributed by atoms with Crippen LogP contribution in [0.3, 0.4) is 0 Å². The van der Waals surface area contributed by atoms with Crippen LogP contribution in [0.15, 0.2) is 42.6 Å². The predicted molar refractivity (Wildman–Crippen MR) is 90.3 cm³/mol. The molecule has 0 atom stereocenters. The molecule has 0 fully saturated rings. The number of halogens is 1. The van der Waals surface area contributed by atoms with E-state index in [1.165, 1.54) is 5.56 Å². The molecule has 2 heterocycles. The molecule has 0 aliphatic rings. The number of rotatable bonds is 2. The Morgan fingerprint density at radius 1 is 1.09 bits per heavy atom. The van der Waals surface area contributed by atoms with Crippen molar-refractivity contribution in [1.29, 1.82) is 0 Å². The predicted octanol–water partition coefficient (Wildman–Crippen LogP) is 4.44. The molecule has 0 amide bonds. The first kappa shape index (κ1) is 15.1. The Hall–Kier alpha value is -1.84. The van der Waals surface area contributed by atoms with E-state index >= 15 is 0 Å². The van der Waals surface area contributed by atoms with Crippen LogP contribution in [0.2, 0.25) is 5.02 Å². The molecule has 0 radical (unpaired) electrons. The van der Waals surface area contributed by atoms with Crippen LogP contribution in [0.5, 0.6) is 0 Å². The van der Waals surface area contributed by atoms with Gasteiger partial charge in [-0.1, -0.05) is 56.6 Å². The molecular weight excluding hydrogens is 296 g/mol. The lowest BCUT2D eigenvalue weighted by Crippen LogP contribution is -2.10. The maximum absolute atomic E-state index is 9.74. The number of fused-ring (bicyclic) bond motifs is 1. The summed E-state index contributed by atoms with van der Waals surface area (Å²) in [5, 5.41) is 10.4. The quantitative estimate of drug-likeness (QED) is 0.759. The molecule has 2 aromatic heterocycles. The van der Waals surface area contributed by atoms with E-state index < -0.39 is 0 Å². The smallest absolute Gasteiger partial charge is 0.137 e. The number of pyridine rings is 1. The molecule has 0 saturated carbocycles. The van der Waals surface area contributed by atoms with E-state index in [1.807, 2.05) is 10.5 Å². The molecule has 0 unspecified atom stereocenters. The molecule has 3 nitrogen and oxygen atoms in total. The topological polar surface area (TPSA) is 37.5 Å². The minimum absolute atomic E-state index is 0.0855. The molecule has 4 heteroatoms. The zero-order valence-electron chi connectivity index (χ0n) is 13.0. The molecule has 0 saturated heterocycles. The van der Waals surface area contributed by atoms with Gasteiger partial charge < -0.3 is 5.11 Å². The fourth-order valence-electron chi connectivity index (χ4n) is 2.58. The summed E-state index contributed by atoms with van der Waals surface area (Å²) in [6.07, 6.45) is 1.78. The van der Waals surface area contributed by atoms with Gasteiger partial charge in [0, 0.05) is 11.8 Å². The zero-order valence-corrected chi connectivity index (χ0v) is 13.7. The molecule has 22 heavy (non-hydrogen) atoms. The molecule has 0 spiro atoms. The van der Waals surface area contributed by atoms with Crippen molar-refractivity contribution >= 4 is 17.2 Å². The van der Waals surface area contributed by atoms with E-state index in [-0.39, 0.29) is 12.0 Å². The summed E-state index contributed by atoms with van der Waals surface area (Å²) in [6.45, 7) is 6.48. The van der Waals surface area contributed by atoms with Gasteiger partial charge in [-0.05, 0) is 23.1 Å². The average molecular weight is 315 g/mol. The zero-order chi connectivity index (χ0) is 15.9. The summed E-state index contributed by atoms with van der Waals surface area (Å²) in [5.74, 6) is 0. The lowest BCUT2D eigenvalue weighted by molar-refractivity contribution is 0.276. The second kappa shape index (κ2) is 5.41. The molecule has 114 valence electrons. The van der Waals surface area contributed by atoms with Crippen LogP contribution in [0.25, 0.3) is 16.9 Å². The SMILES string of the molecule is CC(C)(C)c1ccc(-c2nc3ccc(Cl)cn3c2CO)cc1. The summed E-state index contributed by atoms with van der Waals surface area (Å²) < 4.78 is 1.84. The van der Waals surface area contributed by atoms with Crippen LogP contribution in [0, 0.1) is 0 Å². The van der Waals surface area contributed by atoms with Crippen LogP contribution >= 0.6 is 11.6 Å². The molecule has 1 N–H and O–H groups in total. The number of aliphatic hydroxyl groups excluding tert-OH is 1. The summed E-state index contributed by atoms with van der Waals surface area (Å²) >= 11 is 6.04. The summed E-state index contributed by atoms with van der Waals surface area (Å²) in [4.78, 5) is 4.63. The molecule has 0 bridgehead atoms. The fraction of sp³-hybridized carbons (Fsp3) is 0.278. The molecule has 0 aliphatic carbocycles. The standard InChI is InChI=1S/C18H19ClN2O/c1-18(2,3)13-6-4-12(5-7-13)17-15(11-22)21-10-14(19)8-9-16(21)20-17/h4-10,22H,11H2,1-3H3. The van der Waals surface area contributed by atoms with Gasteiger partial charge in [-0.15, -0.1) is 0 Å². The maximum Gasteiger partial charge on any atom is 0.137 e. The summed E-state index contributed by atoms with van der Waals surface area (Å²) in [5.41, 5.74) is 4.71. The van der Waals surface area contributed by atoms with Gasteiger partial charge in [0.1, 0.15) is 5.65 Å².